The molecule has 72 valence electrons. The highest BCUT2D eigenvalue weighted by atomic mass is 16.1. The highest BCUT2D eigenvalue weighted by Crippen LogP contribution is 2.38. The van der Waals surface area contributed by atoms with E-state index in [2.05, 4.69) is 26.0 Å². The molecule has 0 aromatic heterocycles. The minimum Gasteiger partial charge on any atom is -0.294 e. The van der Waals surface area contributed by atoms with Crippen molar-refractivity contribution in [2.75, 3.05) is 0 Å². The lowest BCUT2D eigenvalue weighted by molar-refractivity contribution is -0.125. The van der Waals surface area contributed by atoms with Gasteiger partial charge < -0.3 is 0 Å². The van der Waals surface area contributed by atoms with Gasteiger partial charge in [-0.2, -0.15) is 0 Å². The van der Waals surface area contributed by atoms with Crippen LogP contribution < -0.4 is 0 Å². The molecule has 2 atom stereocenters. The fourth-order valence-electron chi connectivity index (χ4n) is 1.81. The number of rotatable bonds is 2. The summed E-state index contributed by atoms with van der Waals surface area (Å²) >= 11 is 0. The summed E-state index contributed by atoms with van der Waals surface area (Å²) in [6.45, 7) is 6.09. The number of carbonyl (C=O) groups is 1. The Morgan fingerprint density at radius 3 is 2.85 bits per heavy atom. The zero-order valence-corrected chi connectivity index (χ0v) is 8.71. The zero-order chi connectivity index (χ0) is 9.90. The molecule has 0 heterocycles. The van der Waals surface area contributed by atoms with Crippen LogP contribution in [0.5, 0.6) is 0 Å². The van der Waals surface area contributed by atoms with Crippen molar-refractivity contribution in [3.05, 3.63) is 24.3 Å². The molecule has 1 heteroatoms. The Morgan fingerprint density at radius 2 is 2.31 bits per heavy atom. The normalized spacial score (nSPS) is 33.9. The lowest BCUT2D eigenvalue weighted by atomic mass is 9.68. The maximum atomic E-state index is 11.8. The molecule has 1 aliphatic rings. The van der Waals surface area contributed by atoms with Gasteiger partial charge >= 0.3 is 0 Å². The Hall–Kier alpha value is -0.850. The van der Waals surface area contributed by atoms with Crippen molar-refractivity contribution >= 4 is 5.78 Å². The smallest absolute Gasteiger partial charge is 0.161 e. The van der Waals surface area contributed by atoms with Crippen molar-refractivity contribution in [3.63, 3.8) is 0 Å². The van der Waals surface area contributed by atoms with Crippen molar-refractivity contribution in [1.82, 2.24) is 0 Å². The van der Waals surface area contributed by atoms with Crippen LogP contribution in [0.2, 0.25) is 0 Å². The molecule has 0 spiro atoms. The second-order valence-electron chi connectivity index (χ2n) is 4.04. The van der Waals surface area contributed by atoms with Crippen LogP contribution >= 0.6 is 0 Å². The molecule has 13 heavy (non-hydrogen) atoms. The van der Waals surface area contributed by atoms with Gasteiger partial charge in [-0.3, -0.25) is 4.79 Å². The number of carbonyl (C=O) groups excluding carboxylic acids is 1. The summed E-state index contributed by atoms with van der Waals surface area (Å²) in [5.41, 5.74) is -0.165. The molecule has 0 aromatic carbocycles. The highest BCUT2D eigenvalue weighted by Gasteiger charge is 2.36. The quantitative estimate of drug-likeness (QED) is 0.469. The molecule has 0 N–H and O–H groups in total. The topological polar surface area (TPSA) is 17.1 Å². The number of hydrogen-bond donors (Lipinski definition) is 0. The lowest BCUT2D eigenvalue weighted by Gasteiger charge is -2.34. The summed E-state index contributed by atoms with van der Waals surface area (Å²) in [6, 6.07) is 0. The number of hydrogen-bond acceptors (Lipinski definition) is 1. The summed E-state index contributed by atoms with van der Waals surface area (Å²) in [7, 11) is 0. The zero-order valence-electron chi connectivity index (χ0n) is 8.71. The van der Waals surface area contributed by atoms with E-state index in [4.69, 9.17) is 0 Å². The van der Waals surface area contributed by atoms with Gasteiger partial charge in [-0.15, -0.1) is 0 Å². The predicted octanol–water partition coefficient (Wildman–Crippen LogP) is 3.12. The van der Waals surface area contributed by atoms with E-state index < -0.39 is 0 Å². The summed E-state index contributed by atoms with van der Waals surface area (Å²) < 4.78 is 0. The minimum absolute atomic E-state index is 0.165. The van der Waals surface area contributed by atoms with Crippen LogP contribution in [0.3, 0.4) is 0 Å². The fourth-order valence-corrected chi connectivity index (χ4v) is 1.81. The van der Waals surface area contributed by atoms with Crippen LogP contribution in [0.25, 0.3) is 0 Å². The molecule has 2 unspecified atom stereocenters. The van der Waals surface area contributed by atoms with Crippen LogP contribution in [-0.2, 0) is 4.79 Å². The largest absolute Gasteiger partial charge is 0.294 e. The van der Waals surface area contributed by atoms with Crippen LogP contribution in [0.4, 0.5) is 0 Å². The minimum atomic E-state index is -0.165. The Labute approximate surface area is 80.5 Å². The van der Waals surface area contributed by atoms with Gasteiger partial charge in [0.05, 0.1) is 0 Å². The summed E-state index contributed by atoms with van der Waals surface area (Å²) in [4.78, 5) is 11.8. The van der Waals surface area contributed by atoms with Gasteiger partial charge in [0, 0.05) is 5.41 Å². The van der Waals surface area contributed by atoms with Crippen molar-refractivity contribution in [2.24, 2.45) is 11.3 Å². The monoisotopic (exact) mass is 178 g/mol. The van der Waals surface area contributed by atoms with E-state index in [0.29, 0.717) is 5.92 Å². The third-order valence-electron chi connectivity index (χ3n) is 3.14. The molecular weight excluding hydrogens is 160 g/mol. The van der Waals surface area contributed by atoms with Crippen LogP contribution in [0.1, 0.15) is 33.6 Å². The van der Waals surface area contributed by atoms with E-state index in [0.717, 1.165) is 12.8 Å². The molecule has 0 aromatic rings. The fraction of sp³-hybridized carbons (Fsp3) is 0.583. The van der Waals surface area contributed by atoms with Gasteiger partial charge in [-0.25, -0.2) is 0 Å². The summed E-state index contributed by atoms with van der Waals surface area (Å²) in [5, 5.41) is 0. The first-order chi connectivity index (χ1) is 6.11. The van der Waals surface area contributed by atoms with Gasteiger partial charge in [0.1, 0.15) is 0 Å². The Balaban J connectivity index is 2.86. The van der Waals surface area contributed by atoms with E-state index in [1.165, 1.54) is 0 Å². The molecule has 0 saturated heterocycles. The van der Waals surface area contributed by atoms with Gasteiger partial charge in [0.25, 0.3) is 0 Å². The maximum Gasteiger partial charge on any atom is 0.161 e. The number of allylic oxidation sites excluding steroid dienone is 4. The van der Waals surface area contributed by atoms with Gasteiger partial charge in [-0.05, 0) is 31.8 Å². The third-order valence-corrected chi connectivity index (χ3v) is 3.14. The van der Waals surface area contributed by atoms with Gasteiger partial charge in [-0.1, -0.05) is 32.1 Å². The second kappa shape index (κ2) is 3.91. The summed E-state index contributed by atoms with van der Waals surface area (Å²) in [5.74, 6) is 0.636. The first kappa shape index (κ1) is 10.2. The van der Waals surface area contributed by atoms with E-state index in [-0.39, 0.29) is 11.2 Å². The molecule has 0 fully saturated rings. The van der Waals surface area contributed by atoms with Crippen molar-refractivity contribution < 1.29 is 4.79 Å². The Morgan fingerprint density at radius 1 is 1.62 bits per heavy atom. The number of ketones is 1. The average Bonchev–Trinajstić information content (AvgIpc) is 2.11. The molecule has 0 saturated carbocycles. The SMILES string of the molecule is C/C=C/C(=O)C1(C)CCC=CC1C. The van der Waals surface area contributed by atoms with Gasteiger partial charge in [0.2, 0.25) is 0 Å². The third kappa shape index (κ3) is 1.90. The molecule has 0 bridgehead atoms. The van der Waals surface area contributed by atoms with Crippen LogP contribution in [0, 0.1) is 11.3 Å². The molecule has 1 rings (SSSR count). The molecule has 1 aliphatic carbocycles. The average molecular weight is 178 g/mol. The molecule has 0 radical (unpaired) electrons. The molecule has 0 aliphatic heterocycles. The Bertz CT molecular complexity index is 250. The first-order valence-electron chi connectivity index (χ1n) is 4.95. The van der Waals surface area contributed by atoms with Crippen LogP contribution in [-0.4, -0.2) is 5.78 Å². The van der Waals surface area contributed by atoms with E-state index in [9.17, 15) is 4.79 Å². The van der Waals surface area contributed by atoms with Gasteiger partial charge in [0.15, 0.2) is 5.78 Å². The Kier molecular flexibility index (Phi) is 3.07. The van der Waals surface area contributed by atoms with Crippen molar-refractivity contribution in [2.45, 2.75) is 33.6 Å². The summed E-state index contributed by atoms with van der Waals surface area (Å²) in [6.07, 6.45) is 9.88. The standard InChI is InChI=1S/C12H18O/c1-4-7-11(13)12(3)9-6-5-8-10(12)2/h4-5,7-8,10H,6,9H2,1-3H3/b7-4+. The van der Waals surface area contributed by atoms with E-state index >= 15 is 0 Å². The molecule has 0 amide bonds. The highest BCUT2D eigenvalue weighted by molar-refractivity contribution is 5.95. The van der Waals surface area contributed by atoms with Crippen molar-refractivity contribution in [3.8, 4) is 0 Å². The van der Waals surface area contributed by atoms with E-state index in [1.807, 2.05) is 13.0 Å². The van der Waals surface area contributed by atoms with Crippen molar-refractivity contribution in [1.29, 1.82) is 0 Å². The molecular formula is C12H18O. The first-order valence-corrected chi connectivity index (χ1v) is 4.95. The maximum absolute atomic E-state index is 11.8. The lowest BCUT2D eigenvalue weighted by Crippen LogP contribution is -2.34. The van der Waals surface area contributed by atoms with Crippen LogP contribution in [0.15, 0.2) is 24.3 Å². The second-order valence-corrected chi connectivity index (χ2v) is 4.04. The predicted molar refractivity (Wildman–Crippen MR) is 55.5 cm³/mol. The van der Waals surface area contributed by atoms with E-state index in [1.54, 1.807) is 6.08 Å². The molecule has 1 nitrogen and oxygen atoms in total.